The predicted molar refractivity (Wildman–Crippen MR) is 109 cm³/mol. The van der Waals surface area contributed by atoms with Crippen LogP contribution in [0.2, 0.25) is 0 Å². The zero-order chi connectivity index (χ0) is 20.9. The summed E-state index contributed by atoms with van der Waals surface area (Å²) in [6, 6.07) is 8.07. The van der Waals surface area contributed by atoms with E-state index in [4.69, 9.17) is 15.2 Å². The first-order valence-corrected chi connectivity index (χ1v) is 9.56. The summed E-state index contributed by atoms with van der Waals surface area (Å²) in [5, 5.41) is 12.1. The Morgan fingerprint density at radius 3 is 2.83 bits per heavy atom. The molecule has 3 N–H and O–H groups in total. The normalized spacial score (nSPS) is 20.8. The number of carbonyl (C=O) groups is 1. The molecule has 10 heteroatoms. The van der Waals surface area contributed by atoms with Gasteiger partial charge in [0, 0.05) is 43.0 Å². The molecule has 1 saturated carbocycles. The lowest BCUT2D eigenvalue weighted by Gasteiger charge is -2.43. The van der Waals surface area contributed by atoms with Crippen LogP contribution in [0.1, 0.15) is 19.8 Å². The lowest BCUT2D eigenvalue weighted by atomic mass is 9.77. The molecule has 1 amide bonds. The second kappa shape index (κ2) is 6.61. The lowest BCUT2D eigenvalue weighted by Crippen LogP contribution is -2.52. The molecule has 0 unspecified atom stereocenters. The van der Waals surface area contributed by atoms with Crippen molar-refractivity contribution < 1.29 is 14.3 Å². The molecule has 4 aromatic heterocycles. The van der Waals surface area contributed by atoms with Crippen molar-refractivity contribution in [2.45, 2.75) is 31.4 Å². The standard InChI is InChI=1S/C20H21N7O3/c1-20(30-18(21)28)10-13(11-20)23-19-24-17(29-2)16-15(5-8-27(16)25-19)12-4-7-26-14(9-12)3-6-22-26/h3-9,13H,10-11H2,1-2H3,(H2,21,28)(H,23,25). The Morgan fingerprint density at radius 1 is 1.27 bits per heavy atom. The highest BCUT2D eigenvalue weighted by atomic mass is 16.6. The first-order chi connectivity index (χ1) is 14.4. The molecule has 4 aromatic rings. The van der Waals surface area contributed by atoms with Gasteiger partial charge >= 0.3 is 6.09 Å². The van der Waals surface area contributed by atoms with E-state index in [2.05, 4.69) is 26.6 Å². The largest absolute Gasteiger partial charge is 0.479 e. The number of nitrogens with zero attached hydrogens (tertiary/aromatic N) is 5. The van der Waals surface area contributed by atoms with Gasteiger partial charge in [-0.2, -0.15) is 10.1 Å². The smallest absolute Gasteiger partial charge is 0.405 e. The second-order valence-corrected chi connectivity index (χ2v) is 7.70. The molecule has 154 valence electrons. The highest BCUT2D eigenvalue weighted by molar-refractivity contribution is 5.85. The number of aromatic nitrogens is 5. The number of rotatable bonds is 5. The minimum atomic E-state index is -0.760. The molecular weight excluding hydrogens is 386 g/mol. The van der Waals surface area contributed by atoms with Crippen molar-refractivity contribution in [1.82, 2.24) is 24.2 Å². The number of carbonyl (C=O) groups excluding carboxylic acids is 1. The zero-order valence-corrected chi connectivity index (χ0v) is 16.6. The van der Waals surface area contributed by atoms with Crippen LogP contribution >= 0.6 is 0 Å². The van der Waals surface area contributed by atoms with Gasteiger partial charge in [-0.1, -0.05) is 0 Å². The molecule has 1 aliphatic rings. The van der Waals surface area contributed by atoms with Gasteiger partial charge < -0.3 is 20.5 Å². The SMILES string of the molecule is COc1nc(NC2CC(C)(OC(N)=O)C2)nn2ccc(-c3ccn4nccc4c3)c12. The van der Waals surface area contributed by atoms with E-state index in [9.17, 15) is 4.79 Å². The van der Waals surface area contributed by atoms with Crippen molar-refractivity contribution in [1.29, 1.82) is 0 Å². The summed E-state index contributed by atoms with van der Waals surface area (Å²) in [5.41, 5.74) is 8.34. The van der Waals surface area contributed by atoms with Crippen LogP contribution in [0.25, 0.3) is 22.2 Å². The molecule has 0 spiro atoms. The summed E-state index contributed by atoms with van der Waals surface area (Å²) in [4.78, 5) is 15.6. The molecule has 1 aliphatic carbocycles. The Balaban J connectivity index is 1.44. The third-order valence-corrected chi connectivity index (χ3v) is 5.42. The van der Waals surface area contributed by atoms with Crippen LogP contribution in [0.4, 0.5) is 10.7 Å². The number of methoxy groups -OCH3 is 1. The van der Waals surface area contributed by atoms with Crippen molar-refractivity contribution in [3.63, 3.8) is 0 Å². The Kier molecular flexibility index (Phi) is 4.02. The van der Waals surface area contributed by atoms with E-state index in [1.165, 1.54) is 0 Å². The quantitative estimate of drug-likeness (QED) is 0.521. The number of hydrogen-bond donors (Lipinski definition) is 2. The van der Waals surface area contributed by atoms with E-state index >= 15 is 0 Å². The number of nitrogens with two attached hydrogens (primary N) is 1. The van der Waals surface area contributed by atoms with Gasteiger partial charge in [-0.3, -0.25) is 0 Å². The fourth-order valence-corrected chi connectivity index (χ4v) is 4.11. The maximum Gasteiger partial charge on any atom is 0.405 e. The van der Waals surface area contributed by atoms with Crippen molar-refractivity contribution in [3.05, 3.63) is 42.9 Å². The minimum Gasteiger partial charge on any atom is -0.479 e. The first-order valence-electron chi connectivity index (χ1n) is 9.56. The Morgan fingerprint density at radius 2 is 2.07 bits per heavy atom. The molecule has 1 fully saturated rings. The summed E-state index contributed by atoms with van der Waals surface area (Å²) in [5.74, 6) is 0.912. The van der Waals surface area contributed by atoms with Crippen LogP contribution in [0.3, 0.4) is 0 Å². The van der Waals surface area contributed by atoms with E-state index in [0.717, 1.165) is 22.2 Å². The monoisotopic (exact) mass is 407 g/mol. The molecule has 5 rings (SSSR count). The van der Waals surface area contributed by atoms with Gasteiger partial charge in [0.25, 0.3) is 0 Å². The van der Waals surface area contributed by atoms with Gasteiger partial charge in [0.05, 0.1) is 12.6 Å². The van der Waals surface area contributed by atoms with Crippen LogP contribution in [-0.4, -0.2) is 49.1 Å². The van der Waals surface area contributed by atoms with Crippen LogP contribution < -0.4 is 15.8 Å². The molecule has 0 radical (unpaired) electrons. The van der Waals surface area contributed by atoms with E-state index in [1.807, 2.05) is 42.0 Å². The Hall–Kier alpha value is -3.82. The first kappa shape index (κ1) is 18.2. The van der Waals surface area contributed by atoms with Gasteiger partial charge in [0.1, 0.15) is 11.1 Å². The fraction of sp³-hybridized carbons (Fsp3) is 0.300. The molecule has 0 aliphatic heterocycles. The number of anilines is 1. The maximum atomic E-state index is 11.0. The van der Waals surface area contributed by atoms with Crippen LogP contribution in [0, 0.1) is 0 Å². The maximum absolute atomic E-state index is 11.0. The molecule has 4 heterocycles. The number of ether oxygens (including phenoxy) is 2. The average molecular weight is 407 g/mol. The third-order valence-electron chi connectivity index (χ3n) is 5.42. The van der Waals surface area contributed by atoms with E-state index in [-0.39, 0.29) is 6.04 Å². The molecule has 0 saturated heterocycles. The molecule has 0 bridgehead atoms. The van der Waals surface area contributed by atoms with E-state index in [1.54, 1.807) is 17.8 Å². The highest BCUT2D eigenvalue weighted by Crippen LogP contribution is 2.37. The summed E-state index contributed by atoms with van der Waals surface area (Å²) >= 11 is 0. The van der Waals surface area contributed by atoms with Crippen LogP contribution in [0.15, 0.2) is 42.9 Å². The summed E-state index contributed by atoms with van der Waals surface area (Å²) in [7, 11) is 1.59. The van der Waals surface area contributed by atoms with Crippen LogP contribution in [-0.2, 0) is 4.74 Å². The lowest BCUT2D eigenvalue weighted by molar-refractivity contribution is -0.0352. The van der Waals surface area contributed by atoms with Crippen molar-refractivity contribution in [2.24, 2.45) is 5.73 Å². The third kappa shape index (κ3) is 3.06. The predicted octanol–water partition coefficient (Wildman–Crippen LogP) is 2.48. The number of pyridine rings is 1. The number of amides is 1. The molecule has 30 heavy (non-hydrogen) atoms. The summed E-state index contributed by atoms with van der Waals surface area (Å²) in [6.07, 6.45) is 6.05. The minimum absolute atomic E-state index is 0.0795. The Bertz CT molecular complexity index is 1260. The molecular formula is C20H21N7O3. The topological polar surface area (TPSA) is 121 Å². The second-order valence-electron chi connectivity index (χ2n) is 7.70. The summed E-state index contributed by atoms with van der Waals surface area (Å²) in [6.45, 7) is 1.86. The number of fused-ring (bicyclic) bond motifs is 2. The molecule has 10 nitrogen and oxygen atoms in total. The van der Waals surface area contributed by atoms with Crippen molar-refractivity contribution in [3.8, 4) is 17.0 Å². The number of primary amides is 1. The van der Waals surface area contributed by atoms with Gasteiger partial charge in [0.2, 0.25) is 11.8 Å². The molecule has 0 atom stereocenters. The van der Waals surface area contributed by atoms with Gasteiger partial charge in [0.15, 0.2) is 0 Å². The average Bonchev–Trinajstić information content (AvgIpc) is 3.31. The van der Waals surface area contributed by atoms with Gasteiger partial charge in [-0.15, -0.1) is 5.10 Å². The van der Waals surface area contributed by atoms with Crippen molar-refractivity contribution in [2.75, 3.05) is 12.4 Å². The molecule has 0 aromatic carbocycles. The van der Waals surface area contributed by atoms with Gasteiger partial charge in [-0.05, 0) is 36.8 Å². The summed E-state index contributed by atoms with van der Waals surface area (Å²) < 4.78 is 14.3. The number of nitrogens with one attached hydrogen (secondary N) is 1. The van der Waals surface area contributed by atoms with Gasteiger partial charge in [-0.25, -0.2) is 13.8 Å². The Labute approximate surface area is 171 Å². The number of hydrogen-bond acceptors (Lipinski definition) is 7. The van der Waals surface area contributed by atoms with Crippen molar-refractivity contribution >= 4 is 23.1 Å². The van der Waals surface area contributed by atoms with Crippen LogP contribution in [0.5, 0.6) is 5.88 Å². The zero-order valence-electron chi connectivity index (χ0n) is 16.6. The fourth-order valence-electron chi connectivity index (χ4n) is 4.11. The highest BCUT2D eigenvalue weighted by Gasteiger charge is 2.44. The van der Waals surface area contributed by atoms with E-state index < -0.39 is 11.7 Å². The van der Waals surface area contributed by atoms with E-state index in [0.29, 0.717) is 24.7 Å².